The van der Waals surface area contributed by atoms with Crippen LogP contribution in [0.5, 0.6) is 5.75 Å². The van der Waals surface area contributed by atoms with Gasteiger partial charge in [-0.2, -0.15) is 0 Å². The molecule has 0 amide bonds. The maximum absolute atomic E-state index is 5.12. The first kappa shape index (κ1) is 9.55. The highest BCUT2D eigenvalue weighted by atomic mass is 79.9. The van der Waals surface area contributed by atoms with Crippen molar-refractivity contribution in [2.75, 3.05) is 13.7 Å². The van der Waals surface area contributed by atoms with Crippen molar-refractivity contribution in [1.29, 1.82) is 0 Å². The molecule has 0 aromatic heterocycles. The van der Waals surface area contributed by atoms with E-state index in [1.807, 2.05) is 6.07 Å². The Morgan fingerprint density at radius 2 is 2.25 bits per heavy atom. The molecule has 0 aliphatic rings. The second kappa shape index (κ2) is 4.48. The standard InChI is InChI=1S/C9H12BrNO/c1-12-9-3-2-7(4-5-11)6-8(9)10/h2-3,6H,4-5,11H2,1H3/p+1. The van der Waals surface area contributed by atoms with Crippen molar-refractivity contribution in [1.82, 2.24) is 0 Å². The number of hydrogen-bond acceptors (Lipinski definition) is 1. The van der Waals surface area contributed by atoms with E-state index in [1.165, 1.54) is 5.56 Å². The van der Waals surface area contributed by atoms with Gasteiger partial charge >= 0.3 is 0 Å². The van der Waals surface area contributed by atoms with Gasteiger partial charge in [-0.1, -0.05) is 6.07 Å². The minimum Gasteiger partial charge on any atom is -0.496 e. The zero-order valence-corrected chi connectivity index (χ0v) is 8.73. The van der Waals surface area contributed by atoms with Gasteiger partial charge < -0.3 is 10.5 Å². The van der Waals surface area contributed by atoms with Crippen LogP contribution in [0, 0.1) is 0 Å². The summed E-state index contributed by atoms with van der Waals surface area (Å²) in [5, 5.41) is 0. The number of quaternary nitrogens is 1. The van der Waals surface area contributed by atoms with Crippen molar-refractivity contribution in [2.24, 2.45) is 0 Å². The van der Waals surface area contributed by atoms with Gasteiger partial charge in [0.15, 0.2) is 0 Å². The third-order valence-corrected chi connectivity index (χ3v) is 2.30. The van der Waals surface area contributed by atoms with Crippen molar-refractivity contribution >= 4 is 15.9 Å². The van der Waals surface area contributed by atoms with Crippen molar-refractivity contribution in [3.8, 4) is 5.75 Å². The smallest absolute Gasteiger partial charge is 0.133 e. The molecule has 1 aromatic rings. The Morgan fingerprint density at radius 3 is 2.75 bits per heavy atom. The molecule has 0 bridgehead atoms. The molecular formula is C9H13BrNO+. The quantitative estimate of drug-likeness (QED) is 0.834. The molecule has 0 saturated carbocycles. The Hall–Kier alpha value is -0.540. The van der Waals surface area contributed by atoms with Crippen LogP contribution in [-0.4, -0.2) is 13.7 Å². The van der Waals surface area contributed by atoms with Gasteiger partial charge in [-0.3, -0.25) is 0 Å². The Kier molecular flexibility index (Phi) is 3.56. The molecule has 0 radical (unpaired) electrons. The van der Waals surface area contributed by atoms with Crippen LogP contribution in [0.15, 0.2) is 22.7 Å². The molecule has 1 rings (SSSR count). The van der Waals surface area contributed by atoms with E-state index in [-0.39, 0.29) is 0 Å². The fraction of sp³-hybridized carbons (Fsp3) is 0.333. The number of hydrogen-bond donors (Lipinski definition) is 1. The lowest BCUT2D eigenvalue weighted by Gasteiger charge is -2.04. The van der Waals surface area contributed by atoms with Gasteiger partial charge in [-0.05, 0) is 33.6 Å². The molecule has 0 unspecified atom stereocenters. The predicted octanol–water partition coefficient (Wildman–Crippen LogP) is 1.24. The summed E-state index contributed by atoms with van der Waals surface area (Å²) >= 11 is 3.43. The Morgan fingerprint density at radius 1 is 1.50 bits per heavy atom. The molecule has 0 atom stereocenters. The van der Waals surface area contributed by atoms with Gasteiger partial charge in [-0.15, -0.1) is 0 Å². The molecule has 0 heterocycles. The average molecular weight is 231 g/mol. The van der Waals surface area contributed by atoms with Gasteiger partial charge in [0.2, 0.25) is 0 Å². The Balaban J connectivity index is 2.86. The fourth-order valence-electron chi connectivity index (χ4n) is 1.07. The summed E-state index contributed by atoms with van der Waals surface area (Å²) in [6.07, 6.45) is 1.02. The van der Waals surface area contributed by atoms with Crippen LogP contribution in [0.1, 0.15) is 5.56 Å². The number of rotatable bonds is 3. The molecule has 3 heteroatoms. The van der Waals surface area contributed by atoms with E-state index in [0.29, 0.717) is 0 Å². The molecule has 0 fully saturated rings. The molecule has 3 N–H and O–H groups in total. The van der Waals surface area contributed by atoms with E-state index in [9.17, 15) is 0 Å². The van der Waals surface area contributed by atoms with Crippen molar-refractivity contribution in [2.45, 2.75) is 6.42 Å². The molecule has 2 nitrogen and oxygen atoms in total. The van der Waals surface area contributed by atoms with Crippen LogP contribution in [0.2, 0.25) is 0 Å². The molecule has 12 heavy (non-hydrogen) atoms. The summed E-state index contributed by atoms with van der Waals surface area (Å²) in [6.45, 7) is 0.929. The maximum Gasteiger partial charge on any atom is 0.133 e. The lowest BCUT2D eigenvalue weighted by molar-refractivity contribution is -0.366. The SMILES string of the molecule is COc1ccc(CC[NH3+])cc1Br. The molecule has 0 aliphatic heterocycles. The highest BCUT2D eigenvalue weighted by Crippen LogP contribution is 2.25. The second-order valence-corrected chi connectivity index (χ2v) is 3.43. The summed E-state index contributed by atoms with van der Waals surface area (Å²) in [4.78, 5) is 0. The van der Waals surface area contributed by atoms with Crippen LogP contribution in [0.3, 0.4) is 0 Å². The lowest BCUT2D eigenvalue weighted by Crippen LogP contribution is -2.51. The van der Waals surface area contributed by atoms with E-state index in [0.717, 1.165) is 23.2 Å². The van der Waals surface area contributed by atoms with Gasteiger partial charge in [0, 0.05) is 6.42 Å². The largest absolute Gasteiger partial charge is 0.496 e. The lowest BCUT2D eigenvalue weighted by atomic mass is 10.1. The van der Waals surface area contributed by atoms with E-state index in [1.54, 1.807) is 7.11 Å². The van der Waals surface area contributed by atoms with Gasteiger partial charge in [0.1, 0.15) is 5.75 Å². The van der Waals surface area contributed by atoms with Crippen molar-refractivity contribution in [3.63, 3.8) is 0 Å². The zero-order valence-electron chi connectivity index (χ0n) is 7.14. The van der Waals surface area contributed by atoms with Gasteiger partial charge in [0.25, 0.3) is 0 Å². The summed E-state index contributed by atoms with van der Waals surface area (Å²) < 4.78 is 6.13. The molecule has 0 aliphatic carbocycles. The fourth-order valence-corrected chi connectivity index (χ4v) is 1.66. The summed E-state index contributed by atoms with van der Waals surface area (Å²) in [7, 11) is 1.67. The predicted molar refractivity (Wildman–Crippen MR) is 52.2 cm³/mol. The van der Waals surface area contributed by atoms with Crippen molar-refractivity contribution in [3.05, 3.63) is 28.2 Å². The van der Waals surface area contributed by atoms with E-state index >= 15 is 0 Å². The van der Waals surface area contributed by atoms with Crippen LogP contribution in [0.25, 0.3) is 0 Å². The third kappa shape index (κ3) is 2.22. The molecule has 66 valence electrons. The molecule has 0 spiro atoms. The first-order valence-corrected chi connectivity index (χ1v) is 4.69. The molecule has 1 aromatic carbocycles. The first-order chi connectivity index (χ1) is 5.77. The number of halogens is 1. The minimum absolute atomic E-state index is 0.878. The highest BCUT2D eigenvalue weighted by molar-refractivity contribution is 9.10. The molecular weight excluding hydrogens is 218 g/mol. The Labute approximate surface area is 80.8 Å². The third-order valence-electron chi connectivity index (χ3n) is 1.68. The number of ether oxygens (including phenoxy) is 1. The first-order valence-electron chi connectivity index (χ1n) is 3.89. The topological polar surface area (TPSA) is 36.9 Å². The normalized spacial score (nSPS) is 9.92. The summed E-state index contributed by atoms with van der Waals surface area (Å²) in [5.74, 6) is 0.878. The van der Waals surface area contributed by atoms with Gasteiger partial charge in [-0.25, -0.2) is 0 Å². The number of benzene rings is 1. The van der Waals surface area contributed by atoms with Crippen LogP contribution in [-0.2, 0) is 6.42 Å². The van der Waals surface area contributed by atoms with E-state index in [2.05, 4.69) is 33.8 Å². The van der Waals surface area contributed by atoms with E-state index < -0.39 is 0 Å². The minimum atomic E-state index is 0.878. The summed E-state index contributed by atoms with van der Waals surface area (Å²) in [5.41, 5.74) is 5.10. The monoisotopic (exact) mass is 230 g/mol. The Bertz CT molecular complexity index is 263. The molecule has 0 saturated heterocycles. The van der Waals surface area contributed by atoms with Crippen LogP contribution < -0.4 is 10.5 Å². The summed E-state index contributed by atoms with van der Waals surface area (Å²) in [6, 6.07) is 6.11. The maximum atomic E-state index is 5.12. The number of methoxy groups -OCH3 is 1. The van der Waals surface area contributed by atoms with Crippen molar-refractivity contribution < 1.29 is 10.5 Å². The average Bonchev–Trinajstić information content (AvgIpc) is 2.05. The van der Waals surface area contributed by atoms with E-state index in [4.69, 9.17) is 4.74 Å². The van der Waals surface area contributed by atoms with Crippen LogP contribution in [0.4, 0.5) is 0 Å². The van der Waals surface area contributed by atoms with Gasteiger partial charge in [0.05, 0.1) is 18.1 Å². The van der Waals surface area contributed by atoms with Crippen LogP contribution >= 0.6 is 15.9 Å². The zero-order chi connectivity index (χ0) is 8.97. The highest BCUT2D eigenvalue weighted by Gasteiger charge is 2.00. The second-order valence-electron chi connectivity index (χ2n) is 2.57.